The Kier molecular flexibility index (Phi) is 3.81. The molecule has 1 saturated heterocycles. The number of hydrogen-bond donors (Lipinski definition) is 0. The highest BCUT2D eigenvalue weighted by Gasteiger charge is 2.38. The third kappa shape index (κ3) is 3.03. The van der Waals surface area contributed by atoms with E-state index in [0.29, 0.717) is 12.2 Å². The van der Waals surface area contributed by atoms with E-state index >= 15 is 0 Å². The summed E-state index contributed by atoms with van der Waals surface area (Å²) >= 11 is 0. The maximum absolute atomic E-state index is 13.3. The van der Waals surface area contributed by atoms with Crippen molar-refractivity contribution in [2.75, 3.05) is 13.1 Å². The Morgan fingerprint density at radius 3 is 2.68 bits per heavy atom. The first-order valence-corrected chi connectivity index (χ1v) is 8.97. The first-order chi connectivity index (χ1) is 12.0. The Morgan fingerprint density at radius 1 is 1.20 bits per heavy atom. The molecule has 0 unspecified atom stereocenters. The van der Waals surface area contributed by atoms with Crippen molar-refractivity contribution in [1.82, 2.24) is 34.3 Å². The highest BCUT2D eigenvalue weighted by atomic mass is 32.2. The van der Waals surface area contributed by atoms with Crippen LogP contribution >= 0.6 is 0 Å². The average Bonchev–Trinajstić information content (AvgIpc) is 3.18. The zero-order valence-electron chi connectivity index (χ0n) is 13.0. The van der Waals surface area contributed by atoms with E-state index in [1.165, 1.54) is 27.3 Å². The number of halogens is 1. The van der Waals surface area contributed by atoms with Gasteiger partial charge in [-0.15, -0.1) is 5.10 Å². The predicted molar refractivity (Wildman–Crippen MR) is 83.3 cm³/mol. The maximum Gasteiger partial charge on any atom is 0.243 e. The Morgan fingerprint density at radius 2 is 1.96 bits per heavy atom. The molecule has 3 heterocycles. The van der Waals surface area contributed by atoms with E-state index < -0.39 is 15.8 Å². The molecule has 0 aliphatic carbocycles. The van der Waals surface area contributed by atoms with Crippen molar-refractivity contribution < 1.29 is 12.8 Å². The number of hydrogen-bond acceptors (Lipinski definition) is 6. The van der Waals surface area contributed by atoms with Gasteiger partial charge in [0.2, 0.25) is 10.0 Å². The number of aromatic nitrogens is 6. The first-order valence-electron chi connectivity index (χ1n) is 7.53. The van der Waals surface area contributed by atoms with Gasteiger partial charge >= 0.3 is 0 Å². The van der Waals surface area contributed by atoms with Crippen LogP contribution in [0.5, 0.6) is 0 Å². The average molecular weight is 363 g/mol. The van der Waals surface area contributed by atoms with Crippen molar-refractivity contribution in [2.24, 2.45) is 0 Å². The molecule has 0 N–H and O–H groups in total. The minimum Gasteiger partial charge on any atom is -0.246 e. The Labute approximate surface area is 142 Å². The molecule has 9 nitrogen and oxygen atoms in total. The highest BCUT2D eigenvalue weighted by Crippen LogP contribution is 2.28. The first kappa shape index (κ1) is 15.8. The molecule has 0 bridgehead atoms. The highest BCUT2D eigenvalue weighted by molar-refractivity contribution is 7.89. The number of nitrogens with zero attached hydrogens (tertiary/aromatic N) is 7. The summed E-state index contributed by atoms with van der Waals surface area (Å²) in [5, 5.41) is 16.1. The van der Waals surface area contributed by atoms with Crippen LogP contribution in [0.4, 0.5) is 4.39 Å². The van der Waals surface area contributed by atoms with Crippen molar-refractivity contribution in [3.05, 3.63) is 54.4 Å². The number of sulfonamides is 1. The van der Waals surface area contributed by atoms with Gasteiger partial charge in [0.05, 0.1) is 29.5 Å². The number of rotatable bonds is 5. The van der Waals surface area contributed by atoms with Crippen LogP contribution in [0.2, 0.25) is 0 Å². The van der Waals surface area contributed by atoms with Crippen LogP contribution < -0.4 is 0 Å². The van der Waals surface area contributed by atoms with Crippen molar-refractivity contribution in [2.45, 2.75) is 17.5 Å². The van der Waals surface area contributed by atoms with Crippen molar-refractivity contribution in [3.8, 4) is 0 Å². The fraction of sp³-hybridized carbons (Fsp3) is 0.286. The summed E-state index contributed by atoms with van der Waals surface area (Å²) in [5.41, 5.74) is 0.683. The monoisotopic (exact) mass is 363 g/mol. The molecule has 0 atom stereocenters. The van der Waals surface area contributed by atoms with Crippen LogP contribution in [0, 0.1) is 5.82 Å². The third-order valence-electron chi connectivity index (χ3n) is 3.96. The molecule has 25 heavy (non-hydrogen) atoms. The van der Waals surface area contributed by atoms with Crippen molar-refractivity contribution in [1.29, 1.82) is 0 Å². The summed E-state index contributed by atoms with van der Waals surface area (Å²) in [4.78, 5) is 1.44. The van der Waals surface area contributed by atoms with Gasteiger partial charge in [0, 0.05) is 13.1 Å². The van der Waals surface area contributed by atoms with Crippen LogP contribution in [0.1, 0.15) is 11.7 Å². The molecule has 1 aromatic carbocycles. The summed E-state index contributed by atoms with van der Waals surface area (Å²) in [7, 11) is -3.69. The lowest BCUT2D eigenvalue weighted by Crippen LogP contribution is -2.50. The molecular weight excluding hydrogens is 349 g/mol. The van der Waals surface area contributed by atoms with Gasteiger partial charge in [0.15, 0.2) is 0 Å². The lowest BCUT2D eigenvalue weighted by Gasteiger charge is -2.37. The molecule has 2 aromatic heterocycles. The quantitative estimate of drug-likeness (QED) is 0.647. The van der Waals surface area contributed by atoms with Gasteiger partial charge in [-0.1, -0.05) is 11.3 Å². The predicted octanol–water partition coefficient (Wildman–Crippen LogP) is 0.303. The van der Waals surface area contributed by atoms with Crippen LogP contribution in [0.15, 0.2) is 47.8 Å². The van der Waals surface area contributed by atoms with Gasteiger partial charge in [-0.3, -0.25) is 0 Å². The molecule has 1 aliphatic heterocycles. The molecule has 11 heteroatoms. The largest absolute Gasteiger partial charge is 0.246 e. The van der Waals surface area contributed by atoms with Gasteiger partial charge in [0.25, 0.3) is 0 Å². The minimum atomic E-state index is -3.69. The lowest BCUT2D eigenvalue weighted by molar-refractivity contribution is 0.189. The standard InChI is InChI=1S/C14H14FN7O2S/c15-11-2-1-3-14(6-11)25(23,24)20-9-13(10-20)21-7-12(18-19-21)8-22-16-4-5-17-22/h1-7,13H,8-10H2. The van der Waals surface area contributed by atoms with Crippen molar-refractivity contribution in [3.63, 3.8) is 0 Å². The van der Waals surface area contributed by atoms with Crippen LogP contribution in [-0.2, 0) is 16.6 Å². The smallest absolute Gasteiger partial charge is 0.243 e. The van der Waals surface area contributed by atoms with Gasteiger partial charge in [0.1, 0.15) is 18.1 Å². The Hall–Kier alpha value is -2.66. The molecule has 0 saturated carbocycles. The van der Waals surface area contributed by atoms with E-state index in [1.54, 1.807) is 23.3 Å². The molecule has 3 aromatic rings. The summed E-state index contributed by atoms with van der Waals surface area (Å²) in [5.74, 6) is -0.578. The molecule has 4 rings (SSSR count). The molecule has 130 valence electrons. The third-order valence-corrected chi connectivity index (χ3v) is 5.79. The maximum atomic E-state index is 13.3. The molecule has 1 aliphatic rings. The van der Waals surface area contributed by atoms with E-state index in [0.717, 1.165) is 6.07 Å². The normalized spacial score (nSPS) is 16.0. The summed E-state index contributed by atoms with van der Waals surface area (Å²) in [6.07, 6.45) is 4.90. The van der Waals surface area contributed by atoms with E-state index in [-0.39, 0.29) is 24.0 Å². The second-order valence-corrected chi connectivity index (χ2v) is 7.62. The van der Waals surface area contributed by atoms with E-state index in [9.17, 15) is 12.8 Å². The van der Waals surface area contributed by atoms with Crippen LogP contribution in [0.25, 0.3) is 0 Å². The summed E-state index contributed by atoms with van der Waals surface area (Å²) in [6.45, 7) is 0.925. The minimum absolute atomic E-state index is 0.0463. The fourth-order valence-electron chi connectivity index (χ4n) is 2.59. The molecular formula is C14H14FN7O2S. The summed E-state index contributed by atoms with van der Waals surface area (Å²) < 4.78 is 41.1. The SMILES string of the molecule is O=S(=O)(c1cccc(F)c1)N1CC(n2cc(Cn3nccn3)nn2)C1. The molecule has 0 amide bonds. The van der Waals surface area contributed by atoms with Gasteiger partial charge in [-0.25, -0.2) is 17.5 Å². The Balaban J connectivity index is 1.43. The second kappa shape index (κ2) is 6.01. The second-order valence-electron chi connectivity index (χ2n) is 5.68. The molecule has 1 fully saturated rings. The van der Waals surface area contributed by atoms with E-state index in [1.807, 2.05) is 0 Å². The zero-order valence-corrected chi connectivity index (χ0v) is 13.8. The zero-order chi connectivity index (χ0) is 17.4. The fourth-order valence-corrected chi connectivity index (χ4v) is 4.14. The van der Waals surface area contributed by atoms with E-state index in [2.05, 4.69) is 20.5 Å². The number of benzene rings is 1. The molecule has 0 spiro atoms. The molecule has 0 radical (unpaired) electrons. The summed E-state index contributed by atoms with van der Waals surface area (Å²) in [6, 6.07) is 4.90. The van der Waals surface area contributed by atoms with Crippen molar-refractivity contribution >= 4 is 10.0 Å². The van der Waals surface area contributed by atoms with E-state index in [4.69, 9.17) is 0 Å². The van der Waals surface area contributed by atoms with Gasteiger partial charge in [-0.05, 0) is 18.2 Å². The Bertz CT molecular complexity index is 980. The van der Waals surface area contributed by atoms with Gasteiger partial charge in [-0.2, -0.15) is 19.3 Å². The van der Waals surface area contributed by atoms with Crippen LogP contribution in [0.3, 0.4) is 0 Å². The van der Waals surface area contributed by atoms with Gasteiger partial charge < -0.3 is 0 Å². The topological polar surface area (TPSA) is 98.8 Å². The van der Waals surface area contributed by atoms with Crippen LogP contribution in [-0.4, -0.2) is 55.8 Å². The lowest BCUT2D eigenvalue weighted by atomic mass is 10.2.